The van der Waals surface area contributed by atoms with Gasteiger partial charge >= 0.3 is 0 Å². The van der Waals surface area contributed by atoms with Crippen molar-refractivity contribution in [3.8, 4) is 11.3 Å². The fourth-order valence-corrected chi connectivity index (χ4v) is 2.10. The summed E-state index contributed by atoms with van der Waals surface area (Å²) in [6.45, 7) is 8.87. The molecule has 3 N–H and O–H groups in total. The van der Waals surface area contributed by atoms with Crippen LogP contribution in [0.15, 0.2) is 12.1 Å². The fourth-order valence-electron chi connectivity index (χ4n) is 2.10. The average molecular weight is 229 g/mol. The Bertz CT molecular complexity index is 553. The minimum Gasteiger partial charge on any atom is -0.344 e. The van der Waals surface area contributed by atoms with E-state index in [1.54, 1.807) is 0 Å². The molecule has 0 atom stereocenters. The molecule has 0 bridgehead atoms. The second kappa shape index (κ2) is 4.34. The third-order valence-electron chi connectivity index (χ3n) is 3.22. The van der Waals surface area contributed by atoms with Crippen molar-refractivity contribution in [1.82, 2.24) is 9.97 Å². The van der Waals surface area contributed by atoms with Crippen LogP contribution >= 0.6 is 0 Å². The molecule has 0 aliphatic heterocycles. The molecule has 1 aromatic carbocycles. The summed E-state index contributed by atoms with van der Waals surface area (Å²) >= 11 is 0. The zero-order chi connectivity index (χ0) is 12.6. The molecule has 2 rings (SSSR count). The van der Waals surface area contributed by atoms with Gasteiger partial charge in [0.2, 0.25) is 0 Å². The molecule has 0 saturated carbocycles. The number of hydrogen-bond donors (Lipinski definition) is 2. The summed E-state index contributed by atoms with van der Waals surface area (Å²) in [7, 11) is 0. The van der Waals surface area contributed by atoms with E-state index in [0.29, 0.717) is 6.54 Å². The Hall–Kier alpha value is -1.61. The van der Waals surface area contributed by atoms with E-state index in [-0.39, 0.29) is 0 Å². The topological polar surface area (TPSA) is 54.7 Å². The van der Waals surface area contributed by atoms with Crippen LogP contribution in [0.4, 0.5) is 0 Å². The zero-order valence-electron chi connectivity index (χ0n) is 10.9. The van der Waals surface area contributed by atoms with E-state index < -0.39 is 0 Å². The van der Waals surface area contributed by atoms with Crippen LogP contribution in [0.2, 0.25) is 0 Å². The number of H-pyrrole nitrogens is 1. The number of hydrogen-bond acceptors (Lipinski definition) is 2. The molecule has 0 amide bonds. The standard InChI is InChI=1S/C14H19N3/c1-8-5-10(3)12(6-9(8)2)14-11(4)16-13(7-15)17-14/h5-6H,7,15H2,1-4H3,(H,16,17). The van der Waals surface area contributed by atoms with Crippen molar-refractivity contribution in [2.45, 2.75) is 34.2 Å². The van der Waals surface area contributed by atoms with Crippen LogP contribution < -0.4 is 5.73 Å². The van der Waals surface area contributed by atoms with Crippen molar-refractivity contribution in [3.63, 3.8) is 0 Å². The number of aromatic nitrogens is 2. The predicted octanol–water partition coefficient (Wildman–Crippen LogP) is 2.77. The smallest absolute Gasteiger partial charge is 0.120 e. The number of benzene rings is 1. The van der Waals surface area contributed by atoms with E-state index in [9.17, 15) is 0 Å². The van der Waals surface area contributed by atoms with Crippen LogP contribution in [0, 0.1) is 27.7 Å². The van der Waals surface area contributed by atoms with Gasteiger partial charge in [0.1, 0.15) is 5.82 Å². The molecular weight excluding hydrogens is 210 g/mol. The summed E-state index contributed by atoms with van der Waals surface area (Å²) in [6.07, 6.45) is 0. The lowest BCUT2D eigenvalue weighted by Gasteiger charge is -2.08. The molecule has 1 aromatic heterocycles. The van der Waals surface area contributed by atoms with Crippen molar-refractivity contribution < 1.29 is 0 Å². The highest BCUT2D eigenvalue weighted by Crippen LogP contribution is 2.27. The summed E-state index contributed by atoms with van der Waals surface area (Å²) in [6, 6.07) is 4.41. The number of aryl methyl sites for hydroxylation is 4. The maximum Gasteiger partial charge on any atom is 0.120 e. The summed E-state index contributed by atoms with van der Waals surface area (Å²) < 4.78 is 0. The Balaban J connectivity index is 2.59. The lowest BCUT2D eigenvalue weighted by Crippen LogP contribution is -1.98. The van der Waals surface area contributed by atoms with E-state index in [4.69, 9.17) is 5.73 Å². The van der Waals surface area contributed by atoms with Gasteiger partial charge in [-0.2, -0.15) is 0 Å². The number of nitrogens with zero attached hydrogens (tertiary/aromatic N) is 1. The summed E-state index contributed by atoms with van der Waals surface area (Å²) in [5, 5.41) is 0. The first-order valence-corrected chi connectivity index (χ1v) is 5.86. The summed E-state index contributed by atoms with van der Waals surface area (Å²) in [4.78, 5) is 7.77. The molecule has 17 heavy (non-hydrogen) atoms. The lowest BCUT2D eigenvalue weighted by molar-refractivity contribution is 0.944. The maximum atomic E-state index is 5.61. The van der Waals surface area contributed by atoms with Gasteiger partial charge in [0.25, 0.3) is 0 Å². The third kappa shape index (κ3) is 2.11. The fraction of sp³-hybridized carbons (Fsp3) is 0.357. The molecular formula is C14H19N3. The van der Waals surface area contributed by atoms with Crippen LogP contribution in [0.3, 0.4) is 0 Å². The largest absolute Gasteiger partial charge is 0.344 e. The Morgan fingerprint density at radius 1 is 1.06 bits per heavy atom. The monoisotopic (exact) mass is 229 g/mol. The van der Waals surface area contributed by atoms with Gasteiger partial charge in [0, 0.05) is 11.3 Å². The molecule has 0 fully saturated rings. The Morgan fingerprint density at radius 2 is 1.71 bits per heavy atom. The maximum absolute atomic E-state index is 5.61. The first kappa shape index (κ1) is 11.9. The highest BCUT2D eigenvalue weighted by Gasteiger charge is 2.11. The van der Waals surface area contributed by atoms with Gasteiger partial charge in [-0.1, -0.05) is 6.07 Å². The van der Waals surface area contributed by atoms with Crippen LogP contribution in [0.5, 0.6) is 0 Å². The number of nitrogens with two attached hydrogens (primary N) is 1. The minimum atomic E-state index is 0.449. The molecule has 0 aliphatic rings. The van der Waals surface area contributed by atoms with E-state index >= 15 is 0 Å². The lowest BCUT2D eigenvalue weighted by atomic mass is 9.98. The molecule has 2 aromatic rings. The van der Waals surface area contributed by atoms with Gasteiger partial charge in [-0.05, 0) is 50.5 Å². The van der Waals surface area contributed by atoms with E-state index in [1.165, 1.54) is 22.3 Å². The minimum absolute atomic E-state index is 0.449. The molecule has 0 saturated heterocycles. The van der Waals surface area contributed by atoms with Crippen molar-refractivity contribution in [2.24, 2.45) is 5.73 Å². The Labute approximate surface area is 102 Å². The zero-order valence-corrected chi connectivity index (χ0v) is 10.9. The normalized spacial score (nSPS) is 10.9. The molecule has 3 nitrogen and oxygen atoms in total. The van der Waals surface area contributed by atoms with Gasteiger partial charge in [0.05, 0.1) is 12.2 Å². The van der Waals surface area contributed by atoms with Crippen LogP contribution in [0.1, 0.15) is 28.2 Å². The van der Waals surface area contributed by atoms with Gasteiger partial charge in [0.15, 0.2) is 0 Å². The van der Waals surface area contributed by atoms with Crippen molar-refractivity contribution in [2.75, 3.05) is 0 Å². The van der Waals surface area contributed by atoms with Crippen molar-refractivity contribution >= 4 is 0 Å². The second-order valence-electron chi connectivity index (χ2n) is 4.61. The van der Waals surface area contributed by atoms with E-state index in [2.05, 4.69) is 42.9 Å². The van der Waals surface area contributed by atoms with Crippen molar-refractivity contribution in [3.05, 3.63) is 40.3 Å². The molecule has 0 unspecified atom stereocenters. The Morgan fingerprint density at radius 3 is 2.29 bits per heavy atom. The van der Waals surface area contributed by atoms with E-state index in [0.717, 1.165) is 17.2 Å². The number of rotatable bonds is 2. The molecule has 3 heteroatoms. The Kier molecular flexibility index (Phi) is 3.03. The second-order valence-corrected chi connectivity index (χ2v) is 4.61. The van der Waals surface area contributed by atoms with Gasteiger partial charge in [-0.25, -0.2) is 4.98 Å². The highest BCUT2D eigenvalue weighted by molar-refractivity contribution is 5.67. The molecule has 0 spiro atoms. The number of nitrogens with one attached hydrogen (secondary N) is 1. The van der Waals surface area contributed by atoms with Gasteiger partial charge in [-0.15, -0.1) is 0 Å². The number of imidazole rings is 1. The molecule has 1 heterocycles. The van der Waals surface area contributed by atoms with Crippen LogP contribution in [-0.4, -0.2) is 9.97 Å². The average Bonchev–Trinajstić information content (AvgIpc) is 2.65. The predicted molar refractivity (Wildman–Crippen MR) is 70.9 cm³/mol. The van der Waals surface area contributed by atoms with Crippen molar-refractivity contribution in [1.29, 1.82) is 0 Å². The molecule has 0 radical (unpaired) electrons. The quantitative estimate of drug-likeness (QED) is 0.832. The van der Waals surface area contributed by atoms with Gasteiger partial charge in [-0.3, -0.25) is 0 Å². The molecule has 0 aliphatic carbocycles. The summed E-state index contributed by atoms with van der Waals surface area (Å²) in [5.74, 6) is 0.843. The van der Waals surface area contributed by atoms with Crippen LogP contribution in [-0.2, 0) is 6.54 Å². The highest BCUT2D eigenvalue weighted by atomic mass is 15.0. The third-order valence-corrected chi connectivity index (χ3v) is 3.22. The number of aromatic amines is 1. The summed E-state index contributed by atoms with van der Waals surface area (Å²) in [5.41, 5.74) is 12.8. The first-order chi connectivity index (χ1) is 8.02. The van der Waals surface area contributed by atoms with E-state index in [1.807, 2.05) is 6.92 Å². The molecule has 90 valence electrons. The SMILES string of the molecule is Cc1cc(C)c(-c2nc(CN)[nH]c2C)cc1C. The van der Waals surface area contributed by atoms with Crippen LogP contribution in [0.25, 0.3) is 11.3 Å². The first-order valence-electron chi connectivity index (χ1n) is 5.86. The van der Waals surface area contributed by atoms with Gasteiger partial charge < -0.3 is 10.7 Å².